The van der Waals surface area contributed by atoms with E-state index in [0.29, 0.717) is 21.7 Å². The molecule has 0 bridgehead atoms. The van der Waals surface area contributed by atoms with Crippen LogP contribution in [0.5, 0.6) is 0 Å². The SMILES string of the molecule is CC1(CNC(=O)c2ccc(Cl)c(N)c2)CC1. The van der Waals surface area contributed by atoms with Crippen LogP contribution in [0.15, 0.2) is 18.2 Å². The van der Waals surface area contributed by atoms with Crippen molar-refractivity contribution in [3.8, 4) is 0 Å². The zero-order valence-electron chi connectivity index (χ0n) is 9.22. The van der Waals surface area contributed by atoms with E-state index >= 15 is 0 Å². The summed E-state index contributed by atoms with van der Waals surface area (Å²) in [4.78, 5) is 11.8. The van der Waals surface area contributed by atoms with Gasteiger partial charge in [0, 0.05) is 12.1 Å². The third-order valence-electron chi connectivity index (χ3n) is 3.04. The van der Waals surface area contributed by atoms with Crippen molar-refractivity contribution in [1.82, 2.24) is 5.32 Å². The standard InChI is InChI=1S/C12H15ClN2O/c1-12(4-5-12)7-15-11(16)8-2-3-9(13)10(14)6-8/h2-3,6H,4-5,7,14H2,1H3,(H,15,16). The zero-order chi connectivity index (χ0) is 11.8. The smallest absolute Gasteiger partial charge is 0.251 e. The number of hydrogen-bond donors (Lipinski definition) is 2. The van der Waals surface area contributed by atoms with E-state index in [1.54, 1.807) is 18.2 Å². The molecule has 2 rings (SSSR count). The fourth-order valence-corrected chi connectivity index (χ4v) is 1.59. The normalized spacial score (nSPS) is 16.9. The quantitative estimate of drug-likeness (QED) is 0.795. The fraction of sp³-hybridized carbons (Fsp3) is 0.417. The highest BCUT2D eigenvalue weighted by Crippen LogP contribution is 2.44. The highest BCUT2D eigenvalue weighted by Gasteiger charge is 2.37. The van der Waals surface area contributed by atoms with Crippen LogP contribution in [-0.2, 0) is 0 Å². The van der Waals surface area contributed by atoms with Crippen molar-refractivity contribution in [2.75, 3.05) is 12.3 Å². The molecule has 4 heteroatoms. The molecule has 1 aliphatic carbocycles. The van der Waals surface area contributed by atoms with Gasteiger partial charge in [-0.1, -0.05) is 18.5 Å². The second-order valence-electron chi connectivity index (χ2n) is 4.73. The Bertz CT molecular complexity index is 427. The Hall–Kier alpha value is -1.22. The number of halogens is 1. The number of rotatable bonds is 3. The van der Waals surface area contributed by atoms with Gasteiger partial charge in [0.25, 0.3) is 5.91 Å². The van der Waals surface area contributed by atoms with Gasteiger partial charge in [0.2, 0.25) is 0 Å². The first kappa shape index (κ1) is 11.3. The van der Waals surface area contributed by atoms with Crippen LogP contribution in [0, 0.1) is 5.41 Å². The highest BCUT2D eigenvalue weighted by molar-refractivity contribution is 6.33. The summed E-state index contributed by atoms with van der Waals surface area (Å²) in [5, 5.41) is 3.39. The maximum atomic E-state index is 11.8. The van der Waals surface area contributed by atoms with Crippen molar-refractivity contribution in [3.05, 3.63) is 28.8 Å². The van der Waals surface area contributed by atoms with Crippen molar-refractivity contribution in [2.45, 2.75) is 19.8 Å². The summed E-state index contributed by atoms with van der Waals surface area (Å²) >= 11 is 5.79. The van der Waals surface area contributed by atoms with Gasteiger partial charge in [-0.25, -0.2) is 0 Å². The summed E-state index contributed by atoms with van der Waals surface area (Å²) in [6.07, 6.45) is 2.38. The van der Waals surface area contributed by atoms with Crippen molar-refractivity contribution in [1.29, 1.82) is 0 Å². The van der Waals surface area contributed by atoms with Crippen molar-refractivity contribution >= 4 is 23.2 Å². The molecule has 0 spiro atoms. The molecule has 1 aromatic rings. The van der Waals surface area contributed by atoms with Crippen molar-refractivity contribution in [2.24, 2.45) is 5.41 Å². The minimum absolute atomic E-state index is 0.0866. The summed E-state index contributed by atoms with van der Waals surface area (Å²) < 4.78 is 0. The second-order valence-corrected chi connectivity index (χ2v) is 5.14. The number of carbonyl (C=O) groups is 1. The number of benzene rings is 1. The van der Waals surface area contributed by atoms with E-state index in [4.69, 9.17) is 17.3 Å². The average Bonchev–Trinajstić information content (AvgIpc) is 2.98. The van der Waals surface area contributed by atoms with E-state index in [-0.39, 0.29) is 5.91 Å². The molecule has 0 saturated heterocycles. The highest BCUT2D eigenvalue weighted by atomic mass is 35.5. The molecule has 0 heterocycles. The molecule has 0 atom stereocenters. The van der Waals surface area contributed by atoms with Gasteiger partial charge in [0.05, 0.1) is 10.7 Å². The molecule has 0 aliphatic heterocycles. The number of nitrogens with one attached hydrogen (secondary N) is 1. The lowest BCUT2D eigenvalue weighted by atomic mass is 10.1. The molecule has 0 radical (unpaired) electrons. The predicted octanol–water partition coefficient (Wildman–Crippen LogP) is 2.45. The van der Waals surface area contributed by atoms with E-state index < -0.39 is 0 Å². The summed E-state index contributed by atoms with van der Waals surface area (Å²) in [5.41, 5.74) is 6.95. The first-order chi connectivity index (χ1) is 7.50. The molecule has 1 aliphatic rings. The molecule has 0 aromatic heterocycles. The molecular formula is C12H15ClN2O. The molecule has 86 valence electrons. The Morgan fingerprint density at radius 1 is 1.56 bits per heavy atom. The van der Waals surface area contributed by atoms with Crippen LogP contribution >= 0.6 is 11.6 Å². The van der Waals surface area contributed by atoms with Crippen LogP contribution in [0.4, 0.5) is 5.69 Å². The third kappa shape index (κ3) is 2.47. The van der Waals surface area contributed by atoms with Crippen molar-refractivity contribution in [3.63, 3.8) is 0 Å². The van der Waals surface area contributed by atoms with E-state index in [1.165, 1.54) is 12.8 Å². The fourth-order valence-electron chi connectivity index (χ4n) is 1.47. The first-order valence-corrected chi connectivity index (χ1v) is 5.71. The molecule has 1 fully saturated rings. The second kappa shape index (κ2) is 3.98. The topological polar surface area (TPSA) is 55.1 Å². The predicted molar refractivity (Wildman–Crippen MR) is 65.5 cm³/mol. The van der Waals surface area contributed by atoms with Crippen LogP contribution in [0.2, 0.25) is 5.02 Å². The molecular weight excluding hydrogens is 224 g/mol. The van der Waals surface area contributed by atoms with E-state index in [0.717, 1.165) is 6.54 Å². The van der Waals surface area contributed by atoms with Crippen molar-refractivity contribution < 1.29 is 4.79 Å². The third-order valence-corrected chi connectivity index (χ3v) is 3.38. The summed E-state index contributed by atoms with van der Waals surface area (Å²) in [7, 11) is 0. The number of carbonyl (C=O) groups excluding carboxylic acids is 1. The van der Waals surface area contributed by atoms with Gasteiger partial charge in [0.1, 0.15) is 0 Å². The number of hydrogen-bond acceptors (Lipinski definition) is 2. The zero-order valence-corrected chi connectivity index (χ0v) is 9.97. The van der Waals surface area contributed by atoms with Gasteiger partial charge >= 0.3 is 0 Å². The van der Waals surface area contributed by atoms with E-state index in [2.05, 4.69) is 12.2 Å². The Morgan fingerprint density at radius 2 is 2.25 bits per heavy atom. The van der Waals surface area contributed by atoms with Crippen LogP contribution in [0.3, 0.4) is 0 Å². The Balaban J connectivity index is 2.00. The Morgan fingerprint density at radius 3 is 2.81 bits per heavy atom. The maximum absolute atomic E-state index is 11.8. The average molecular weight is 239 g/mol. The largest absolute Gasteiger partial charge is 0.398 e. The number of amides is 1. The maximum Gasteiger partial charge on any atom is 0.251 e. The van der Waals surface area contributed by atoms with Gasteiger partial charge in [-0.05, 0) is 36.5 Å². The molecule has 3 nitrogen and oxygen atoms in total. The van der Waals surface area contributed by atoms with E-state index in [9.17, 15) is 4.79 Å². The van der Waals surface area contributed by atoms with Crippen LogP contribution in [-0.4, -0.2) is 12.5 Å². The minimum Gasteiger partial charge on any atom is -0.398 e. The van der Waals surface area contributed by atoms with Crippen LogP contribution in [0.1, 0.15) is 30.1 Å². The van der Waals surface area contributed by atoms with Gasteiger partial charge in [0.15, 0.2) is 0 Å². The molecule has 16 heavy (non-hydrogen) atoms. The number of anilines is 1. The minimum atomic E-state index is -0.0866. The number of nitrogen functional groups attached to an aromatic ring is 1. The Kier molecular flexibility index (Phi) is 2.80. The summed E-state index contributed by atoms with van der Waals surface area (Å²) in [6, 6.07) is 4.93. The van der Waals surface area contributed by atoms with Gasteiger partial charge < -0.3 is 11.1 Å². The Labute approximate surface area is 100.0 Å². The van der Waals surface area contributed by atoms with Gasteiger partial charge in [-0.2, -0.15) is 0 Å². The van der Waals surface area contributed by atoms with Gasteiger partial charge in [-0.15, -0.1) is 0 Å². The lowest BCUT2D eigenvalue weighted by Crippen LogP contribution is -2.28. The monoisotopic (exact) mass is 238 g/mol. The lowest BCUT2D eigenvalue weighted by molar-refractivity contribution is 0.0946. The summed E-state index contributed by atoms with van der Waals surface area (Å²) in [5.74, 6) is -0.0866. The molecule has 1 aromatic carbocycles. The van der Waals surface area contributed by atoms with E-state index in [1.807, 2.05) is 0 Å². The molecule has 0 unspecified atom stereocenters. The molecule has 1 amide bonds. The molecule has 3 N–H and O–H groups in total. The molecule has 1 saturated carbocycles. The summed E-state index contributed by atoms with van der Waals surface area (Å²) in [6.45, 7) is 2.90. The first-order valence-electron chi connectivity index (χ1n) is 5.33. The lowest BCUT2D eigenvalue weighted by Gasteiger charge is -2.10. The van der Waals surface area contributed by atoms with Gasteiger partial charge in [-0.3, -0.25) is 4.79 Å². The van der Waals surface area contributed by atoms with Crippen LogP contribution in [0.25, 0.3) is 0 Å². The van der Waals surface area contributed by atoms with Crippen LogP contribution < -0.4 is 11.1 Å². The number of nitrogens with two attached hydrogens (primary N) is 1.